The number of hydrogen-bond acceptors (Lipinski definition) is 7. The molecule has 13 heteroatoms. The number of rotatable bonds is 15. The maximum Gasteiger partial charge on any atom is 0.265 e. The maximum atomic E-state index is 14.3. The van der Waals surface area contributed by atoms with Crippen LogP contribution in [0.1, 0.15) is 32.3 Å². The van der Waals surface area contributed by atoms with Gasteiger partial charge in [-0.2, -0.15) is 0 Å². The highest BCUT2D eigenvalue weighted by Crippen LogP contribution is 2.37. The molecule has 0 aliphatic carbocycles. The molecule has 0 aliphatic rings. The van der Waals surface area contributed by atoms with Crippen LogP contribution >= 0.6 is 11.6 Å². The first-order valence-corrected chi connectivity index (χ1v) is 15.7. The van der Waals surface area contributed by atoms with E-state index in [1.807, 2.05) is 6.92 Å². The van der Waals surface area contributed by atoms with Crippen LogP contribution in [0.2, 0.25) is 5.02 Å². The van der Waals surface area contributed by atoms with Gasteiger partial charge >= 0.3 is 0 Å². The van der Waals surface area contributed by atoms with Crippen LogP contribution in [-0.2, 0) is 26.2 Å². The van der Waals surface area contributed by atoms with Crippen molar-refractivity contribution in [3.63, 3.8) is 0 Å². The Morgan fingerprint density at radius 3 is 2.14 bits per heavy atom. The van der Waals surface area contributed by atoms with Gasteiger partial charge in [-0.3, -0.25) is 13.9 Å². The first kappa shape index (κ1) is 34.5. The number of benzene rings is 3. The Morgan fingerprint density at radius 2 is 1.55 bits per heavy atom. The number of hydrogen-bond donors (Lipinski definition) is 1. The number of anilines is 1. The maximum absolute atomic E-state index is 14.3. The molecule has 0 saturated heterocycles. The number of carbonyl (C=O) groups excluding carboxylic acids is 2. The number of carbonyl (C=O) groups is 2. The third-order valence-corrected chi connectivity index (χ3v) is 8.82. The van der Waals surface area contributed by atoms with E-state index in [1.165, 1.54) is 86.9 Å². The van der Waals surface area contributed by atoms with Crippen molar-refractivity contribution in [1.82, 2.24) is 10.2 Å². The first-order chi connectivity index (χ1) is 21.0. The summed E-state index contributed by atoms with van der Waals surface area (Å²) in [7, 11) is -0.317. The molecular formula is C31H37ClFN3O7S. The topological polar surface area (TPSA) is 114 Å². The number of nitrogens with zero attached hydrogens (tertiary/aromatic N) is 2. The van der Waals surface area contributed by atoms with E-state index >= 15 is 0 Å². The molecule has 10 nitrogen and oxygen atoms in total. The summed E-state index contributed by atoms with van der Waals surface area (Å²) in [6.07, 6.45) is 0.922. The molecular weight excluding hydrogens is 613 g/mol. The van der Waals surface area contributed by atoms with Crippen molar-refractivity contribution in [3.8, 4) is 17.2 Å². The summed E-state index contributed by atoms with van der Waals surface area (Å²) in [4.78, 5) is 28.5. The molecule has 238 valence electrons. The van der Waals surface area contributed by atoms with Crippen molar-refractivity contribution in [2.24, 2.45) is 0 Å². The third kappa shape index (κ3) is 8.11. The summed E-state index contributed by atoms with van der Waals surface area (Å²) in [5.41, 5.74) is 0.560. The third-order valence-electron chi connectivity index (χ3n) is 6.83. The van der Waals surface area contributed by atoms with E-state index in [0.29, 0.717) is 24.3 Å². The molecule has 0 spiro atoms. The first-order valence-electron chi connectivity index (χ1n) is 13.9. The van der Waals surface area contributed by atoms with Gasteiger partial charge in [0.05, 0.1) is 31.9 Å². The highest BCUT2D eigenvalue weighted by molar-refractivity contribution is 7.92. The molecule has 0 radical (unpaired) electrons. The Hall–Kier alpha value is -4.03. The summed E-state index contributed by atoms with van der Waals surface area (Å²) in [6, 6.07) is 13.0. The zero-order valence-electron chi connectivity index (χ0n) is 25.3. The summed E-state index contributed by atoms with van der Waals surface area (Å²) >= 11 is 6.29. The van der Waals surface area contributed by atoms with Gasteiger partial charge in [0.1, 0.15) is 24.2 Å². The highest BCUT2D eigenvalue weighted by atomic mass is 35.5. The zero-order chi connectivity index (χ0) is 32.4. The Balaban J connectivity index is 2.16. The second-order valence-corrected chi connectivity index (χ2v) is 12.0. The molecule has 3 aromatic carbocycles. The minimum Gasteiger partial charge on any atom is -0.495 e. The minimum atomic E-state index is -4.47. The number of ether oxygens (including phenoxy) is 3. The molecule has 0 aromatic heterocycles. The predicted molar refractivity (Wildman–Crippen MR) is 166 cm³/mol. The van der Waals surface area contributed by atoms with Crippen LogP contribution in [0.5, 0.6) is 17.2 Å². The summed E-state index contributed by atoms with van der Waals surface area (Å²) in [5.74, 6) is -0.916. The van der Waals surface area contributed by atoms with Gasteiger partial charge < -0.3 is 24.4 Å². The molecule has 3 rings (SSSR count). The van der Waals surface area contributed by atoms with Gasteiger partial charge in [-0.25, -0.2) is 12.8 Å². The SMILES string of the molecule is CCCNC(=O)[C@H](CC)N(Cc1ccc(F)cc1)C(=O)CN(c1cc(Cl)ccc1OC)S(=O)(=O)c1ccc(OC)c(OC)c1. The normalized spacial score (nSPS) is 11.8. The second-order valence-electron chi connectivity index (χ2n) is 9.71. The van der Waals surface area contributed by atoms with Crippen molar-refractivity contribution in [2.75, 3.05) is 38.7 Å². The van der Waals surface area contributed by atoms with Crippen LogP contribution in [0.25, 0.3) is 0 Å². The van der Waals surface area contributed by atoms with E-state index in [4.69, 9.17) is 25.8 Å². The van der Waals surface area contributed by atoms with Crippen molar-refractivity contribution >= 4 is 39.1 Å². The van der Waals surface area contributed by atoms with Crippen LogP contribution in [0, 0.1) is 5.82 Å². The molecule has 1 atom stereocenters. The van der Waals surface area contributed by atoms with Crippen LogP contribution in [0.3, 0.4) is 0 Å². The number of amides is 2. The standard InChI is InChI=1S/C31H37ClFN3O7S/c1-6-16-34-31(38)25(7-2)35(19-21-8-11-23(33)12-9-21)30(37)20-36(26-17-22(32)10-14-27(26)41-3)44(39,40)24-13-15-28(42-4)29(18-24)43-5/h8-15,17-18,25H,6-7,16,19-20H2,1-5H3,(H,34,38)/t25-/m0/s1. The lowest BCUT2D eigenvalue weighted by atomic mass is 10.1. The molecule has 0 aliphatic heterocycles. The van der Waals surface area contributed by atoms with E-state index in [9.17, 15) is 22.4 Å². The van der Waals surface area contributed by atoms with Crippen molar-refractivity contribution < 1.29 is 36.6 Å². The summed E-state index contributed by atoms with van der Waals surface area (Å²) in [6.45, 7) is 3.25. The minimum absolute atomic E-state index is 0.00773. The lowest BCUT2D eigenvalue weighted by Gasteiger charge is -2.33. The summed E-state index contributed by atoms with van der Waals surface area (Å²) in [5, 5.41) is 3.02. The highest BCUT2D eigenvalue weighted by Gasteiger charge is 2.35. The Morgan fingerprint density at radius 1 is 0.909 bits per heavy atom. The van der Waals surface area contributed by atoms with E-state index in [0.717, 1.165) is 4.31 Å². The van der Waals surface area contributed by atoms with Gasteiger partial charge in [0.2, 0.25) is 11.8 Å². The molecule has 1 N–H and O–H groups in total. The lowest BCUT2D eigenvalue weighted by molar-refractivity contribution is -0.140. The Kier molecular flexibility index (Phi) is 12.2. The van der Waals surface area contributed by atoms with Gasteiger partial charge in [-0.05, 0) is 60.9 Å². The predicted octanol–water partition coefficient (Wildman–Crippen LogP) is 5.03. The van der Waals surface area contributed by atoms with E-state index in [2.05, 4.69) is 5.32 Å². The molecule has 0 saturated carbocycles. The number of nitrogens with one attached hydrogen (secondary N) is 1. The average molecular weight is 650 g/mol. The Labute approximate surface area is 262 Å². The van der Waals surface area contributed by atoms with Crippen molar-refractivity contribution in [3.05, 3.63) is 77.1 Å². The number of methoxy groups -OCH3 is 3. The van der Waals surface area contributed by atoms with Crippen LogP contribution in [-0.4, -0.2) is 65.6 Å². The zero-order valence-corrected chi connectivity index (χ0v) is 26.9. The van der Waals surface area contributed by atoms with E-state index in [1.54, 1.807) is 6.92 Å². The molecule has 0 unspecified atom stereocenters. The average Bonchev–Trinajstić information content (AvgIpc) is 3.02. The fourth-order valence-corrected chi connectivity index (χ4v) is 6.15. The summed E-state index contributed by atoms with van der Waals surface area (Å²) < 4.78 is 59.2. The van der Waals surface area contributed by atoms with Gasteiger partial charge in [0.15, 0.2) is 11.5 Å². The van der Waals surface area contributed by atoms with Crippen molar-refractivity contribution in [2.45, 2.75) is 44.2 Å². The molecule has 0 heterocycles. The molecule has 0 bridgehead atoms. The monoisotopic (exact) mass is 649 g/mol. The number of halogens is 2. The van der Waals surface area contributed by atoms with Crippen molar-refractivity contribution in [1.29, 1.82) is 0 Å². The van der Waals surface area contributed by atoms with Crippen LogP contribution in [0.15, 0.2) is 65.6 Å². The van der Waals surface area contributed by atoms with Crippen LogP contribution in [0.4, 0.5) is 10.1 Å². The lowest BCUT2D eigenvalue weighted by Crippen LogP contribution is -2.52. The molecule has 2 amide bonds. The van der Waals surface area contributed by atoms with E-state index < -0.39 is 34.3 Å². The van der Waals surface area contributed by atoms with Crippen LogP contribution < -0.4 is 23.8 Å². The molecule has 3 aromatic rings. The Bertz CT molecular complexity index is 1550. The fraction of sp³-hybridized carbons (Fsp3) is 0.355. The molecule has 0 fully saturated rings. The van der Waals surface area contributed by atoms with E-state index in [-0.39, 0.29) is 46.0 Å². The van der Waals surface area contributed by atoms with Gasteiger partial charge in [-0.1, -0.05) is 37.6 Å². The second kappa shape index (κ2) is 15.6. The fourth-order valence-electron chi connectivity index (χ4n) is 4.55. The van der Waals surface area contributed by atoms with Gasteiger partial charge in [0, 0.05) is 24.2 Å². The molecule has 44 heavy (non-hydrogen) atoms. The largest absolute Gasteiger partial charge is 0.495 e. The number of sulfonamides is 1. The van der Waals surface area contributed by atoms with Gasteiger partial charge in [0.25, 0.3) is 10.0 Å². The smallest absolute Gasteiger partial charge is 0.265 e. The quantitative estimate of drug-likeness (QED) is 0.246. The van der Waals surface area contributed by atoms with Gasteiger partial charge in [-0.15, -0.1) is 0 Å².